The molecule has 2 amide bonds. The van der Waals surface area contributed by atoms with E-state index in [0.717, 1.165) is 45.4 Å². The largest absolute Gasteiger partial charge is 0.459 e. The number of nitrogens with zero attached hydrogens (tertiary/aromatic N) is 2. The van der Waals surface area contributed by atoms with E-state index in [1.165, 1.54) is 17.5 Å². The molecule has 164 valence electrons. The van der Waals surface area contributed by atoms with Crippen molar-refractivity contribution in [2.45, 2.75) is 19.3 Å². The van der Waals surface area contributed by atoms with Gasteiger partial charge < -0.3 is 19.5 Å². The number of likely N-dealkylation sites (tertiary alicyclic amines) is 1. The Kier molecular flexibility index (Phi) is 5.67. The lowest BCUT2D eigenvalue weighted by molar-refractivity contribution is 0.0693. The van der Waals surface area contributed by atoms with Gasteiger partial charge in [-0.1, -0.05) is 18.2 Å². The molecule has 2 aromatic carbocycles. The molecule has 0 bridgehead atoms. The summed E-state index contributed by atoms with van der Waals surface area (Å²) in [5.74, 6) is 0.616. The van der Waals surface area contributed by atoms with Gasteiger partial charge in [0.25, 0.3) is 11.8 Å². The van der Waals surface area contributed by atoms with Gasteiger partial charge in [0.1, 0.15) is 0 Å². The molecular weight excluding hydrogens is 402 g/mol. The molecular formula is C26H27N3O3. The van der Waals surface area contributed by atoms with E-state index < -0.39 is 0 Å². The maximum absolute atomic E-state index is 12.9. The quantitative estimate of drug-likeness (QED) is 0.651. The number of nitrogens with one attached hydrogen (secondary N) is 1. The summed E-state index contributed by atoms with van der Waals surface area (Å²) in [5, 5.41) is 2.77. The van der Waals surface area contributed by atoms with Crippen molar-refractivity contribution in [2.75, 3.05) is 36.4 Å². The van der Waals surface area contributed by atoms with Crippen molar-refractivity contribution in [2.24, 2.45) is 5.92 Å². The van der Waals surface area contributed by atoms with Crippen LogP contribution in [0.3, 0.4) is 0 Å². The molecule has 0 saturated carbocycles. The van der Waals surface area contributed by atoms with Crippen molar-refractivity contribution in [3.8, 4) is 0 Å². The van der Waals surface area contributed by atoms with Crippen molar-refractivity contribution >= 4 is 23.2 Å². The number of benzene rings is 2. The summed E-state index contributed by atoms with van der Waals surface area (Å²) in [6.07, 6.45) is 4.65. The highest BCUT2D eigenvalue weighted by atomic mass is 16.3. The van der Waals surface area contributed by atoms with Crippen LogP contribution in [0.5, 0.6) is 0 Å². The molecule has 0 aliphatic carbocycles. The number of carbonyl (C=O) groups excluding carboxylic acids is 2. The zero-order chi connectivity index (χ0) is 21.9. The van der Waals surface area contributed by atoms with E-state index in [-0.39, 0.29) is 17.6 Å². The normalized spacial score (nSPS) is 16.1. The van der Waals surface area contributed by atoms with Gasteiger partial charge in [-0.05, 0) is 73.2 Å². The smallest absolute Gasteiger partial charge is 0.291 e. The highest BCUT2D eigenvalue weighted by molar-refractivity contribution is 6.02. The maximum Gasteiger partial charge on any atom is 0.291 e. The second-order valence-corrected chi connectivity index (χ2v) is 8.57. The van der Waals surface area contributed by atoms with Crippen molar-refractivity contribution < 1.29 is 14.0 Å². The van der Waals surface area contributed by atoms with Gasteiger partial charge in [0, 0.05) is 43.1 Å². The van der Waals surface area contributed by atoms with E-state index in [1.807, 2.05) is 4.90 Å². The van der Waals surface area contributed by atoms with Crippen LogP contribution in [-0.2, 0) is 6.42 Å². The number of rotatable bonds is 5. The first-order valence-electron chi connectivity index (χ1n) is 11.2. The van der Waals surface area contributed by atoms with E-state index in [0.29, 0.717) is 17.2 Å². The SMILES string of the molecule is O=C(Nc1ccc(C(=O)N2CCC(CN3CCc4ccccc43)CC2)cc1)c1ccco1. The summed E-state index contributed by atoms with van der Waals surface area (Å²) in [5.41, 5.74) is 4.11. The number of amides is 2. The predicted octanol–water partition coefficient (Wildman–Crippen LogP) is 4.45. The minimum Gasteiger partial charge on any atom is -0.459 e. The Balaban J connectivity index is 1.13. The van der Waals surface area contributed by atoms with Crippen LogP contribution in [0.2, 0.25) is 0 Å². The minimum atomic E-state index is -0.309. The summed E-state index contributed by atoms with van der Waals surface area (Å²) in [6, 6.07) is 19.0. The number of anilines is 2. The van der Waals surface area contributed by atoms with Gasteiger partial charge in [0.15, 0.2) is 5.76 Å². The van der Waals surface area contributed by atoms with Crippen LogP contribution in [0.1, 0.15) is 39.3 Å². The average molecular weight is 430 g/mol. The van der Waals surface area contributed by atoms with Crippen molar-refractivity contribution in [3.63, 3.8) is 0 Å². The lowest BCUT2D eigenvalue weighted by Crippen LogP contribution is -2.41. The Labute approximate surface area is 187 Å². The maximum atomic E-state index is 12.9. The van der Waals surface area contributed by atoms with Crippen LogP contribution in [0.25, 0.3) is 0 Å². The zero-order valence-corrected chi connectivity index (χ0v) is 18.0. The fourth-order valence-corrected chi connectivity index (χ4v) is 4.71. The van der Waals surface area contributed by atoms with Crippen LogP contribution < -0.4 is 10.2 Å². The Morgan fingerprint density at radius 1 is 0.938 bits per heavy atom. The minimum absolute atomic E-state index is 0.0545. The Morgan fingerprint density at radius 2 is 1.72 bits per heavy atom. The highest BCUT2D eigenvalue weighted by Gasteiger charge is 2.27. The van der Waals surface area contributed by atoms with Gasteiger partial charge in [-0.15, -0.1) is 0 Å². The van der Waals surface area contributed by atoms with Crippen molar-refractivity contribution in [1.29, 1.82) is 0 Å². The van der Waals surface area contributed by atoms with Gasteiger partial charge in [0.2, 0.25) is 0 Å². The molecule has 5 rings (SSSR count). The molecule has 6 heteroatoms. The number of piperidine rings is 1. The first kappa shape index (κ1) is 20.4. The van der Waals surface area contributed by atoms with Crippen molar-refractivity contribution in [1.82, 2.24) is 4.90 Å². The van der Waals surface area contributed by atoms with Crippen LogP contribution in [0.15, 0.2) is 71.3 Å². The fourth-order valence-electron chi connectivity index (χ4n) is 4.71. The Hall–Kier alpha value is -3.54. The summed E-state index contributed by atoms with van der Waals surface area (Å²) in [7, 11) is 0. The van der Waals surface area contributed by atoms with Gasteiger partial charge in [0.05, 0.1) is 6.26 Å². The number of furan rings is 1. The fraction of sp³-hybridized carbons (Fsp3) is 0.308. The van der Waals surface area contributed by atoms with Crippen LogP contribution >= 0.6 is 0 Å². The van der Waals surface area contributed by atoms with E-state index in [2.05, 4.69) is 34.5 Å². The van der Waals surface area contributed by atoms with Gasteiger partial charge in [-0.25, -0.2) is 0 Å². The monoisotopic (exact) mass is 429 g/mol. The molecule has 6 nitrogen and oxygen atoms in total. The molecule has 3 aromatic rings. The average Bonchev–Trinajstić information content (AvgIpc) is 3.51. The van der Waals surface area contributed by atoms with Gasteiger partial charge in [-0.2, -0.15) is 0 Å². The molecule has 32 heavy (non-hydrogen) atoms. The molecule has 0 radical (unpaired) electrons. The molecule has 2 aliphatic rings. The van der Waals surface area contributed by atoms with Crippen LogP contribution in [0, 0.1) is 5.92 Å². The molecule has 2 aliphatic heterocycles. The number of para-hydroxylation sites is 1. The number of carbonyl (C=O) groups is 2. The Morgan fingerprint density at radius 3 is 2.47 bits per heavy atom. The molecule has 3 heterocycles. The molecule has 1 fully saturated rings. The highest BCUT2D eigenvalue weighted by Crippen LogP contribution is 2.30. The lowest BCUT2D eigenvalue weighted by atomic mass is 9.95. The topological polar surface area (TPSA) is 65.8 Å². The lowest BCUT2D eigenvalue weighted by Gasteiger charge is -2.34. The van der Waals surface area contributed by atoms with Gasteiger partial charge >= 0.3 is 0 Å². The second-order valence-electron chi connectivity index (χ2n) is 8.57. The summed E-state index contributed by atoms with van der Waals surface area (Å²) in [4.78, 5) is 29.5. The third-order valence-corrected chi connectivity index (χ3v) is 6.50. The third-order valence-electron chi connectivity index (χ3n) is 6.50. The van der Waals surface area contributed by atoms with E-state index in [4.69, 9.17) is 4.42 Å². The Bertz CT molecular complexity index is 1080. The standard InChI is InChI=1S/C26H27N3O3/c30-25(24-6-3-17-32-24)27-22-9-7-21(8-10-22)26(31)28-14-11-19(12-15-28)18-29-16-13-20-4-1-2-5-23(20)29/h1-10,17,19H,11-16,18H2,(H,27,30). The first-order valence-corrected chi connectivity index (χ1v) is 11.2. The van der Waals surface area contributed by atoms with E-state index in [1.54, 1.807) is 36.4 Å². The first-order chi connectivity index (χ1) is 15.7. The van der Waals surface area contributed by atoms with Crippen LogP contribution in [-0.4, -0.2) is 42.9 Å². The van der Waals surface area contributed by atoms with Crippen molar-refractivity contribution in [3.05, 3.63) is 83.8 Å². The molecule has 1 saturated heterocycles. The third kappa shape index (κ3) is 4.26. The molecule has 1 N–H and O–H groups in total. The van der Waals surface area contributed by atoms with Crippen LogP contribution in [0.4, 0.5) is 11.4 Å². The number of hydrogen-bond donors (Lipinski definition) is 1. The molecule has 0 spiro atoms. The predicted molar refractivity (Wildman–Crippen MR) is 124 cm³/mol. The molecule has 1 aromatic heterocycles. The molecule has 0 unspecified atom stereocenters. The van der Waals surface area contributed by atoms with E-state index in [9.17, 15) is 9.59 Å². The summed E-state index contributed by atoms with van der Waals surface area (Å²) < 4.78 is 5.10. The zero-order valence-electron chi connectivity index (χ0n) is 18.0. The number of fused-ring (bicyclic) bond motifs is 1. The summed E-state index contributed by atoms with van der Waals surface area (Å²) >= 11 is 0. The summed E-state index contributed by atoms with van der Waals surface area (Å²) in [6.45, 7) is 3.75. The van der Waals surface area contributed by atoms with Gasteiger partial charge in [-0.3, -0.25) is 9.59 Å². The second kappa shape index (κ2) is 8.91. The van der Waals surface area contributed by atoms with E-state index >= 15 is 0 Å². The number of hydrogen-bond acceptors (Lipinski definition) is 4. The molecule has 0 atom stereocenters.